The van der Waals surface area contributed by atoms with Gasteiger partial charge in [0, 0.05) is 48.8 Å². The van der Waals surface area contributed by atoms with Crippen molar-refractivity contribution in [3.8, 4) is 29.1 Å². The predicted octanol–water partition coefficient (Wildman–Crippen LogP) is 5.03. The highest BCUT2D eigenvalue weighted by molar-refractivity contribution is 5.91. The molecule has 35 heavy (non-hydrogen) atoms. The number of fused-ring (bicyclic) bond motifs is 1. The topological polar surface area (TPSA) is 91.5 Å². The van der Waals surface area contributed by atoms with Gasteiger partial charge in [-0.15, -0.1) is 0 Å². The summed E-state index contributed by atoms with van der Waals surface area (Å²) in [6.07, 6.45) is 3.00. The maximum Gasteiger partial charge on any atom is 0.169 e. The van der Waals surface area contributed by atoms with Crippen LogP contribution in [0.25, 0.3) is 10.9 Å². The molecule has 1 aromatic heterocycles. The molecule has 1 aliphatic heterocycles. The van der Waals surface area contributed by atoms with Gasteiger partial charge in [0.15, 0.2) is 11.5 Å². The number of anilines is 2. The molecule has 0 aliphatic carbocycles. The van der Waals surface area contributed by atoms with Crippen molar-refractivity contribution in [2.24, 2.45) is 5.73 Å². The van der Waals surface area contributed by atoms with Crippen LogP contribution >= 0.6 is 0 Å². The summed E-state index contributed by atoms with van der Waals surface area (Å²) in [6, 6.07) is 21.1. The molecule has 0 radical (unpaired) electrons. The molecule has 7 nitrogen and oxygen atoms in total. The first kappa shape index (κ1) is 22.7. The van der Waals surface area contributed by atoms with Crippen LogP contribution in [0, 0.1) is 11.8 Å². The third kappa shape index (κ3) is 5.35. The Hall–Kier alpha value is -4.12. The summed E-state index contributed by atoms with van der Waals surface area (Å²) < 4.78 is 16.9. The lowest BCUT2D eigenvalue weighted by Crippen LogP contribution is -2.43. The third-order valence-corrected chi connectivity index (χ3v) is 5.87. The van der Waals surface area contributed by atoms with Gasteiger partial charge in [-0.1, -0.05) is 30.0 Å². The second-order valence-electron chi connectivity index (χ2n) is 8.38. The SMILES string of the molecule is COc1cc(Nc2ncnc3ccc(C#CC4(N)CCOCC4)cc23)ccc1Oc1ccccc1. The summed E-state index contributed by atoms with van der Waals surface area (Å²) in [4.78, 5) is 8.87. The van der Waals surface area contributed by atoms with E-state index in [0.717, 1.165) is 40.7 Å². The van der Waals surface area contributed by atoms with E-state index < -0.39 is 5.54 Å². The number of nitrogens with two attached hydrogens (primary N) is 1. The van der Waals surface area contributed by atoms with Crippen LogP contribution in [-0.4, -0.2) is 35.8 Å². The molecule has 7 heteroatoms. The van der Waals surface area contributed by atoms with Crippen LogP contribution < -0.4 is 20.5 Å². The largest absolute Gasteiger partial charge is 0.493 e. The lowest BCUT2D eigenvalue weighted by molar-refractivity contribution is 0.0705. The summed E-state index contributed by atoms with van der Waals surface area (Å²) >= 11 is 0. The van der Waals surface area contributed by atoms with Gasteiger partial charge in [0.25, 0.3) is 0 Å². The van der Waals surface area contributed by atoms with E-state index in [1.807, 2.05) is 66.7 Å². The highest BCUT2D eigenvalue weighted by Crippen LogP contribution is 2.35. The van der Waals surface area contributed by atoms with Crippen LogP contribution in [0.15, 0.2) is 73.1 Å². The molecule has 5 rings (SSSR count). The van der Waals surface area contributed by atoms with Crippen molar-refractivity contribution < 1.29 is 14.2 Å². The Morgan fingerprint density at radius 3 is 2.60 bits per heavy atom. The Labute approximate surface area is 204 Å². The van der Waals surface area contributed by atoms with Gasteiger partial charge < -0.3 is 25.3 Å². The molecule has 2 heterocycles. The zero-order valence-electron chi connectivity index (χ0n) is 19.5. The lowest BCUT2D eigenvalue weighted by atomic mass is 9.92. The number of hydrogen-bond acceptors (Lipinski definition) is 7. The summed E-state index contributed by atoms with van der Waals surface area (Å²) in [5.41, 5.74) is 8.40. The average Bonchev–Trinajstić information content (AvgIpc) is 2.89. The van der Waals surface area contributed by atoms with E-state index in [1.54, 1.807) is 7.11 Å². The van der Waals surface area contributed by atoms with E-state index in [2.05, 4.69) is 27.1 Å². The van der Waals surface area contributed by atoms with E-state index in [-0.39, 0.29) is 0 Å². The van der Waals surface area contributed by atoms with Crippen molar-refractivity contribution in [1.82, 2.24) is 9.97 Å². The molecule has 1 aliphatic rings. The highest BCUT2D eigenvalue weighted by atomic mass is 16.5. The fraction of sp³-hybridized carbons (Fsp3) is 0.214. The second-order valence-corrected chi connectivity index (χ2v) is 8.38. The molecule has 0 spiro atoms. The van der Waals surface area contributed by atoms with Gasteiger partial charge in [0.05, 0.1) is 18.2 Å². The molecule has 0 bridgehead atoms. The number of ether oxygens (including phenoxy) is 3. The minimum absolute atomic E-state index is 0.512. The predicted molar refractivity (Wildman–Crippen MR) is 136 cm³/mol. The van der Waals surface area contributed by atoms with E-state index in [0.29, 0.717) is 30.5 Å². The average molecular weight is 467 g/mol. The number of nitrogens with one attached hydrogen (secondary N) is 1. The van der Waals surface area contributed by atoms with Gasteiger partial charge in [-0.2, -0.15) is 0 Å². The Kier molecular flexibility index (Phi) is 6.49. The molecule has 1 saturated heterocycles. The van der Waals surface area contributed by atoms with Crippen LogP contribution in [0.3, 0.4) is 0 Å². The molecule has 0 unspecified atom stereocenters. The first-order valence-electron chi connectivity index (χ1n) is 11.4. The van der Waals surface area contributed by atoms with Crippen molar-refractivity contribution in [2.75, 3.05) is 25.6 Å². The summed E-state index contributed by atoms with van der Waals surface area (Å²) in [7, 11) is 1.62. The lowest BCUT2D eigenvalue weighted by Gasteiger charge is -2.27. The van der Waals surface area contributed by atoms with E-state index in [1.165, 1.54) is 6.33 Å². The Morgan fingerprint density at radius 2 is 1.80 bits per heavy atom. The fourth-order valence-corrected chi connectivity index (χ4v) is 3.87. The minimum atomic E-state index is -0.512. The van der Waals surface area contributed by atoms with Crippen LogP contribution in [0.2, 0.25) is 0 Å². The number of aromatic nitrogens is 2. The van der Waals surface area contributed by atoms with Gasteiger partial charge in [-0.3, -0.25) is 0 Å². The van der Waals surface area contributed by atoms with Crippen LogP contribution in [0.5, 0.6) is 17.2 Å². The highest BCUT2D eigenvalue weighted by Gasteiger charge is 2.25. The van der Waals surface area contributed by atoms with Gasteiger partial charge in [-0.25, -0.2) is 9.97 Å². The first-order valence-corrected chi connectivity index (χ1v) is 11.4. The Bertz CT molecular complexity index is 1390. The maximum absolute atomic E-state index is 6.43. The van der Waals surface area contributed by atoms with Gasteiger partial charge >= 0.3 is 0 Å². The third-order valence-electron chi connectivity index (χ3n) is 5.87. The number of rotatable bonds is 5. The molecule has 3 N–H and O–H groups in total. The smallest absolute Gasteiger partial charge is 0.169 e. The van der Waals surface area contributed by atoms with E-state index in [9.17, 15) is 0 Å². The number of benzene rings is 3. The van der Waals surface area contributed by atoms with Crippen molar-refractivity contribution in [1.29, 1.82) is 0 Å². The monoisotopic (exact) mass is 466 g/mol. The van der Waals surface area contributed by atoms with Crippen LogP contribution in [0.4, 0.5) is 11.5 Å². The molecule has 1 fully saturated rings. The molecule has 4 aromatic rings. The molecule has 0 amide bonds. The van der Waals surface area contributed by atoms with Crippen molar-refractivity contribution in [2.45, 2.75) is 18.4 Å². The summed E-state index contributed by atoms with van der Waals surface area (Å²) in [5, 5.41) is 4.24. The second kappa shape index (κ2) is 10.0. The fourth-order valence-electron chi connectivity index (χ4n) is 3.87. The summed E-state index contributed by atoms with van der Waals surface area (Å²) in [5.74, 6) is 9.12. The van der Waals surface area contributed by atoms with Crippen LogP contribution in [0.1, 0.15) is 18.4 Å². The molecular weight excluding hydrogens is 440 g/mol. The number of hydrogen-bond donors (Lipinski definition) is 2. The van der Waals surface area contributed by atoms with Crippen molar-refractivity contribution in [3.05, 3.63) is 78.6 Å². The standard InChI is InChI=1S/C28H26N4O3/c1-33-26-18-21(8-10-25(26)35-22-5-3-2-4-6-22)32-27-23-17-20(7-9-24(23)30-19-31-27)11-12-28(29)13-15-34-16-14-28/h2-10,17-19H,13-16,29H2,1H3,(H,30,31,32). The molecular formula is C28H26N4O3. The molecule has 0 atom stereocenters. The Balaban J connectivity index is 1.41. The van der Waals surface area contributed by atoms with Gasteiger partial charge in [0.1, 0.15) is 17.9 Å². The normalized spacial score (nSPS) is 14.6. The van der Waals surface area contributed by atoms with Gasteiger partial charge in [-0.05, 0) is 42.5 Å². The number of para-hydroxylation sites is 1. The van der Waals surface area contributed by atoms with Gasteiger partial charge in [0.2, 0.25) is 0 Å². The maximum atomic E-state index is 6.43. The molecule has 176 valence electrons. The zero-order chi connectivity index (χ0) is 24.1. The van der Waals surface area contributed by atoms with E-state index >= 15 is 0 Å². The number of methoxy groups -OCH3 is 1. The number of nitrogens with zero attached hydrogens (tertiary/aromatic N) is 2. The Morgan fingerprint density at radius 1 is 0.971 bits per heavy atom. The quantitative estimate of drug-likeness (QED) is 0.399. The minimum Gasteiger partial charge on any atom is -0.493 e. The van der Waals surface area contributed by atoms with E-state index in [4.69, 9.17) is 19.9 Å². The zero-order valence-corrected chi connectivity index (χ0v) is 19.5. The molecule has 0 saturated carbocycles. The van der Waals surface area contributed by atoms with Crippen molar-refractivity contribution in [3.63, 3.8) is 0 Å². The molecule has 3 aromatic carbocycles. The van der Waals surface area contributed by atoms with Crippen molar-refractivity contribution >= 4 is 22.4 Å². The first-order chi connectivity index (χ1) is 17.1. The summed E-state index contributed by atoms with van der Waals surface area (Å²) in [6.45, 7) is 1.28. The van der Waals surface area contributed by atoms with Crippen LogP contribution in [-0.2, 0) is 4.74 Å².